The molecule has 16 heteroatoms. The van der Waals surface area contributed by atoms with Gasteiger partial charge in [-0.3, -0.25) is 19.2 Å². The fourth-order valence-corrected chi connectivity index (χ4v) is 10.1. The van der Waals surface area contributed by atoms with Gasteiger partial charge in [-0.15, -0.1) is 0 Å². The maximum Gasteiger partial charge on any atom is 0.312 e. The smallest absolute Gasteiger partial charge is 0.312 e. The summed E-state index contributed by atoms with van der Waals surface area (Å²) in [6.07, 6.45) is 5.79. The lowest BCUT2D eigenvalue weighted by atomic mass is 9.57. The van der Waals surface area contributed by atoms with Gasteiger partial charge in [0.25, 0.3) is 11.8 Å². The zero-order valence-corrected chi connectivity index (χ0v) is 31.4. The van der Waals surface area contributed by atoms with Gasteiger partial charge in [0.2, 0.25) is 11.8 Å². The lowest BCUT2D eigenvalue weighted by molar-refractivity contribution is -0.167. The number of hydrogen-bond donors (Lipinski definition) is 2. The number of fused-ring (bicyclic) bond motifs is 6. The maximum absolute atomic E-state index is 13.9. The molecule has 0 spiro atoms. The number of carbonyl (C=O) groups excluding carboxylic acids is 4. The lowest BCUT2D eigenvalue weighted by Crippen LogP contribution is -2.59. The number of ether oxygens (including phenoxy) is 2. The number of esters is 2. The van der Waals surface area contributed by atoms with Gasteiger partial charge in [-0.2, -0.15) is 10.5 Å². The number of nitrogens with one attached hydrogen (secondary N) is 2. The number of nitriles is 2. The van der Waals surface area contributed by atoms with Crippen LogP contribution in [0.25, 0.3) is 0 Å². The molecule has 12 nitrogen and oxygen atoms in total. The number of amides is 2. The first-order chi connectivity index (χ1) is 26.5. The van der Waals surface area contributed by atoms with Crippen molar-refractivity contribution in [2.75, 3.05) is 26.2 Å². The second kappa shape index (κ2) is 14.9. The molecule has 2 heterocycles. The fraction of sp³-hybridized carbons (Fsp3) is 0.700. The maximum atomic E-state index is 13.9. The van der Waals surface area contributed by atoms with Crippen LogP contribution in [0.5, 0.6) is 0 Å². The first kappa shape index (κ1) is 39.9. The summed E-state index contributed by atoms with van der Waals surface area (Å²) in [4.78, 5) is 54.6. The van der Waals surface area contributed by atoms with E-state index in [1.165, 1.54) is 0 Å². The highest BCUT2D eigenvalue weighted by atomic mass is 19.3. The molecule has 6 aliphatic carbocycles. The number of likely N-dealkylation sites (tertiary alicyclic amines) is 2. The highest BCUT2D eigenvalue weighted by Crippen LogP contribution is 2.54. The number of benzene rings is 1. The number of nitrogens with zero attached hydrogens (tertiary/aromatic N) is 4. The summed E-state index contributed by atoms with van der Waals surface area (Å²) in [5.74, 6) is -7.80. The van der Waals surface area contributed by atoms with E-state index in [0.29, 0.717) is 77.0 Å². The third-order valence-electron chi connectivity index (χ3n) is 13.9. The summed E-state index contributed by atoms with van der Waals surface area (Å²) in [5.41, 5.74) is -0.631. The second-order valence-corrected chi connectivity index (χ2v) is 17.2. The quantitative estimate of drug-likeness (QED) is 0.225. The van der Waals surface area contributed by atoms with Crippen LogP contribution in [0.3, 0.4) is 0 Å². The predicted molar refractivity (Wildman–Crippen MR) is 189 cm³/mol. The first-order valence-corrected chi connectivity index (χ1v) is 19.6. The van der Waals surface area contributed by atoms with E-state index in [1.54, 1.807) is 12.1 Å². The standard InChI is InChI=1S/C40H48F4N6O6/c41-39(42)17-29(19-45)49(25-39)31(51)21-47-37-11-5-35(6-12-37,7-13-37)33(53)55-23-27-3-1-2-4-28(27)24-56-34(54)36-8-14-38(15-9-36,16-10-36)48-22-32(52)50-26-40(43,44)18-30(50)20-46/h1-4,29-30,47-48H,5-18,21-26H2/t29-,30?,35?,36?,37?,38?/m0/s1. The van der Waals surface area contributed by atoms with E-state index >= 15 is 0 Å². The lowest BCUT2D eigenvalue weighted by Gasteiger charge is -2.52. The van der Waals surface area contributed by atoms with Crippen LogP contribution in [0.4, 0.5) is 17.6 Å². The molecule has 0 aromatic heterocycles. The molecule has 0 radical (unpaired) electrons. The Morgan fingerprint density at radius 2 is 0.964 bits per heavy atom. The van der Waals surface area contributed by atoms with Crippen LogP contribution in [0.1, 0.15) is 101 Å². The van der Waals surface area contributed by atoms with E-state index in [2.05, 4.69) is 10.6 Å². The van der Waals surface area contributed by atoms with Crippen molar-refractivity contribution in [3.63, 3.8) is 0 Å². The monoisotopic (exact) mass is 784 g/mol. The minimum absolute atomic E-state index is 0.00890. The third-order valence-corrected chi connectivity index (χ3v) is 13.9. The minimum Gasteiger partial charge on any atom is -0.460 e. The van der Waals surface area contributed by atoms with E-state index in [0.717, 1.165) is 20.9 Å². The number of halogens is 4. The van der Waals surface area contributed by atoms with Crippen molar-refractivity contribution in [3.05, 3.63) is 35.4 Å². The van der Waals surface area contributed by atoms with Crippen LogP contribution >= 0.6 is 0 Å². The zero-order chi connectivity index (χ0) is 40.0. The molecule has 302 valence electrons. The van der Waals surface area contributed by atoms with Crippen molar-refractivity contribution in [3.8, 4) is 12.1 Å². The van der Waals surface area contributed by atoms with Gasteiger partial charge in [0.05, 0.1) is 49.1 Å². The van der Waals surface area contributed by atoms with Crippen LogP contribution in [0.2, 0.25) is 0 Å². The predicted octanol–water partition coefficient (Wildman–Crippen LogP) is 4.66. The molecular formula is C40H48F4N6O6. The van der Waals surface area contributed by atoms with Gasteiger partial charge in [-0.25, -0.2) is 17.6 Å². The molecular weight excluding hydrogens is 736 g/mol. The highest BCUT2D eigenvalue weighted by Gasteiger charge is 2.55. The number of rotatable bonds is 12. The topological polar surface area (TPSA) is 165 Å². The molecule has 1 unspecified atom stereocenters. The largest absolute Gasteiger partial charge is 0.460 e. The van der Waals surface area contributed by atoms with Crippen LogP contribution < -0.4 is 10.6 Å². The Balaban J connectivity index is 0.859. The molecule has 2 amide bonds. The van der Waals surface area contributed by atoms with Gasteiger partial charge >= 0.3 is 11.9 Å². The van der Waals surface area contributed by atoms with Crippen LogP contribution in [0.15, 0.2) is 24.3 Å². The molecule has 1 aromatic rings. The minimum atomic E-state index is -3.08. The molecule has 8 aliphatic rings. The Hall–Kier alpha value is -4.28. The number of carbonyl (C=O) groups is 4. The number of alkyl halides is 4. The number of hydrogen-bond acceptors (Lipinski definition) is 10. The molecule has 2 saturated heterocycles. The van der Waals surface area contributed by atoms with E-state index in [9.17, 15) is 47.3 Å². The van der Waals surface area contributed by atoms with Gasteiger partial charge in [-0.05, 0) is 88.2 Å². The SMILES string of the molecule is N#CC1CC(F)(F)CN1C(=O)CNC12CCC(C(=O)OCc3ccccc3COC(=O)C34CCC(NCC(=O)N5CC(F)(F)C[C@H]5C#N)(CC3)CC4)(CC1)CC2. The third kappa shape index (κ3) is 7.84. The molecule has 2 N–H and O–H groups in total. The van der Waals surface area contributed by atoms with Gasteiger partial charge in [0.1, 0.15) is 25.3 Å². The molecule has 4 bridgehead atoms. The van der Waals surface area contributed by atoms with E-state index in [4.69, 9.17) is 9.47 Å². The van der Waals surface area contributed by atoms with Crippen LogP contribution in [-0.2, 0) is 41.9 Å². The van der Waals surface area contributed by atoms with Gasteiger partial charge in [-0.1, -0.05) is 24.3 Å². The Kier molecular flexibility index (Phi) is 10.6. The van der Waals surface area contributed by atoms with E-state index < -0.39 is 72.5 Å². The highest BCUT2D eigenvalue weighted by molar-refractivity contribution is 5.81. The normalized spacial score (nSPS) is 33.8. The van der Waals surface area contributed by atoms with Crippen molar-refractivity contribution in [1.29, 1.82) is 10.5 Å². The summed E-state index contributed by atoms with van der Waals surface area (Å²) < 4.78 is 67.3. The summed E-state index contributed by atoms with van der Waals surface area (Å²) in [6.45, 7) is -1.79. The van der Waals surface area contributed by atoms with Crippen LogP contribution in [0, 0.1) is 33.5 Å². The molecule has 9 rings (SSSR count). The van der Waals surface area contributed by atoms with E-state index in [1.807, 2.05) is 24.3 Å². The molecule has 56 heavy (non-hydrogen) atoms. The summed E-state index contributed by atoms with van der Waals surface area (Å²) >= 11 is 0. The molecule has 1 aromatic carbocycles. The first-order valence-electron chi connectivity index (χ1n) is 19.6. The van der Waals surface area contributed by atoms with Gasteiger partial charge in [0, 0.05) is 23.9 Å². The summed E-state index contributed by atoms with van der Waals surface area (Å²) in [6, 6.07) is 8.63. The Morgan fingerprint density at radius 1 is 0.625 bits per heavy atom. The summed E-state index contributed by atoms with van der Waals surface area (Å²) in [5, 5.41) is 25.1. The van der Waals surface area contributed by atoms with Crippen molar-refractivity contribution in [2.45, 2.75) is 138 Å². The Morgan fingerprint density at radius 3 is 1.29 bits per heavy atom. The average molecular weight is 785 g/mol. The van der Waals surface area contributed by atoms with Crippen LogP contribution in [-0.4, -0.2) is 94.7 Å². The van der Waals surface area contributed by atoms with Gasteiger partial charge in [0.15, 0.2) is 0 Å². The van der Waals surface area contributed by atoms with Crippen molar-refractivity contribution >= 4 is 23.8 Å². The molecule has 8 fully saturated rings. The van der Waals surface area contributed by atoms with E-state index in [-0.39, 0.29) is 49.3 Å². The average Bonchev–Trinajstić information content (AvgIpc) is 3.72. The molecule has 2 atom stereocenters. The second-order valence-electron chi connectivity index (χ2n) is 17.2. The van der Waals surface area contributed by atoms with Crippen molar-refractivity contribution in [2.24, 2.45) is 10.8 Å². The Labute approximate surface area is 323 Å². The molecule has 6 saturated carbocycles. The Bertz CT molecular complexity index is 1650. The summed E-state index contributed by atoms with van der Waals surface area (Å²) in [7, 11) is 0. The van der Waals surface area contributed by atoms with Crippen molar-refractivity contribution in [1.82, 2.24) is 20.4 Å². The molecule has 2 aliphatic heterocycles. The zero-order valence-electron chi connectivity index (χ0n) is 31.4. The fourth-order valence-electron chi connectivity index (χ4n) is 10.1. The van der Waals surface area contributed by atoms with Crippen molar-refractivity contribution < 1.29 is 46.2 Å². The van der Waals surface area contributed by atoms with Gasteiger partial charge < -0.3 is 29.9 Å².